The van der Waals surface area contributed by atoms with Gasteiger partial charge in [0.05, 0.1) is 30.9 Å². The second kappa shape index (κ2) is 8.88. The molecule has 1 heterocycles. The van der Waals surface area contributed by atoms with Crippen molar-refractivity contribution in [3.8, 4) is 17.2 Å². The first-order valence-corrected chi connectivity index (χ1v) is 10.3. The minimum absolute atomic E-state index is 0.0489. The van der Waals surface area contributed by atoms with Crippen LogP contribution in [0.3, 0.4) is 0 Å². The Bertz CT molecular complexity index is 1290. The van der Waals surface area contributed by atoms with E-state index in [0.29, 0.717) is 28.3 Å². The molecule has 1 atom stereocenters. The molecular weight excluding hydrogens is 446 g/mol. The number of aromatic hydroxyl groups is 1. The second-order valence-corrected chi connectivity index (χ2v) is 7.72. The topological polar surface area (TPSA) is 96.3 Å². The van der Waals surface area contributed by atoms with Crippen LogP contribution in [0.5, 0.6) is 17.2 Å². The van der Waals surface area contributed by atoms with E-state index < -0.39 is 17.7 Å². The number of ketones is 1. The van der Waals surface area contributed by atoms with Gasteiger partial charge in [-0.2, -0.15) is 0 Å². The van der Waals surface area contributed by atoms with Gasteiger partial charge in [0.15, 0.2) is 0 Å². The largest absolute Gasteiger partial charge is 0.508 e. The smallest absolute Gasteiger partial charge is 0.300 e. The molecule has 3 aromatic carbocycles. The third kappa shape index (κ3) is 3.99. The number of hydrogen-bond acceptors (Lipinski definition) is 6. The molecule has 33 heavy (non-hydrogen) atoms. The lowest BCUT2D eigenvalue weighted by Crippen LogP contribution is -2.29. The number of halogens is 1. The predicted molar refractivity (Wildman–Crippen MR) is 124 cm³/mol. The van der Waals surface area contributed by atoms with Gasteiger partial charge in [-0.3, -0.25) is 14.5 Å². The average molecular weight is 466 g/mol. The third-order valence-corrected chi connectivity index (χ3v) is 5.68. The number of rotatable bonds is 5. The fraction of sp³-hybridized carbons (Fsp3) is 0.120. The summed E-state index contributed by atoms with van der Waals surface area (Å²) in [5.74, 6) is -1.23. The van der Waals surface area contributed by atoms with Crippen molar-refractivity contribution in [3.63, 3.8) is 0 Å². The SMILES string of the molecule is COc1cccc(/C(O)=C2\C(=O)C(=O)N(c3ccc(OC)c(Cl)c3)C2c2cccc(O)c2)c1. The zero-order valence-electron chi connectivity index (χ0n) is 17.8. The first-order valence-electron chi connectivity index (χ1n) is 9.93. The fourth-order valence-electron chi connectivity index (χ4n) is 3.84. The number of anilines is 1. The highest BCUT2D eigenvalue weighted by atomic mass is 35.5. The summed E-state index contributed by atoms with van der Waals surface area (Å²) in [5, 5.41) is 21.5. The summed E-state index contributed by atoms with van der Waals surface area (Å²) in [7, 11) is 2.95. The first kappa shape index (κ1) is 22.2. The van der Waals surface area contributed by atoms with Crippen LogP contribution in [0.1, 0.15) is 17.2 Å². The van der Waals surface area contributed by atoms with E-state index in [1.807, 2.05) is 0 Å². The molecule has 0 saturated carbocycles. The number of aliphatic hydroxyl groups excluding tert-OH is 1. The van der Waals surface area contributed by atoms with Crippen LogP contribution in [0.4, 0.5) is 5.69 Å². The lowest BCUT2D eigenvalue weighted by Gasteiger charge is -2.26. The van der Waals surface area contributed by atoms with Crippen LogP contribution in [-0.4, -0.2) is 36.1 Å². The molecule has 4 rings (SSSR count). The van der Waals surface area contributed by atoms with E-state index in [-0.39, 0.29) is 22.1 Å². The molecule has 0 radical (unpaired) electrons. The molecule has 0 spiro atoms. The van der Waals surface area contributed by atoms with E-state index in [4.69, 9.17) is 21.1 Å². The molecule has 7 nitrogen and oxygen atoms in total. The summed E-state index contributed by atoms with van der Waals surface area (Å²) in [4.78, 5) is 27.6. The van der Waals surface area contributed by atoms with Gasteiger partial charge in [-0.15, -0.1) is 0 Å². The molecule has 1 fully saturated rings. The van der Waals surface area contributed by atoms with E-state index in [1.54, 1.807) is 48.5 Å². The number of phenolic OH excluding ortho intramolecular Hbond substituents is 1. The Labute approximate surface area is 195 Å². The van der Waals surface area contributed by atoms with Crippen molar-refractivity contribution >= 4 is 34.7 Å². The zero-order chi connectivity index (χ0) is 23.7. The van der Waals surface area contributed by atoms with Gasteiger partial charge in [0.1, 0.15) is 23.0 Å². The highest BCUT2D eigenvalue weighted by Crippen LogP contribution is 2.44. The van der Waals surface area contributed by atoms with E-state index in [0.717, 1.165) is 0 Å². The quantitative estimate of drug-likeness (QED) is 0.322. The van der Waals surface area contributed by atoms with Crippen LogP contribution in [0.15, 0.2) is 72.3 Å². The number of aliphatic hydroxyl groups is 1. The van der Waals surface area contributed by atoms with Crippen LogP contribution in [0.2, 0.25) is 5.02 Å². The van der Waals surface area contributed by atoms with Gasteiger partial charge < -0.3 is 19.7 Å². The van der Waals surface area contributed by atoms with Gasteiger partial charge in [-0.25, -0.2) is 0 Å². The van der Waals surface area contributed by atoms with Crippen molar-refractivity contribution in [2.45, 2.75) is 6.04 Å². The van der Waals surface area contributed by atoms with Crippen LogP contribution in [0.25, 0.3) is 5.76 Å². The van der Waals surface area contributed by atoms with E-state index in [2.05, 4.69) is 0 Å². The van der Waals surface area contributed by atoms with Crippen LogP contribution >= 0.6 is 11.6 Å². The number of nitrogens with zero attached hydrogens (tertiary/aromatic N) is 1. The molecule has 8 heteroatoms. The average Bonchev–Trinajstić information content (AvgIpc) is 3.09. The molecular formula is C25H20ClNO6. The summed E-state index contributed by atoms with van der Waals surface area (Å²) < 4.78 is 10.4. The normalized spacial score (nSPS) is 17.3. The number of benzene rings is 3. The Morgan fingerprint density at radius 1 is 0.970 bits per heavy atom. The van der Waals surface area contributed by atoms with Gasteiger partial charge in [0, 0.05) is 11.3 Å². The van der Waals surface area contributed by atoms with Crippen LogP contribution < -0.4 is 14.4 Å². The Hall–Kier alpha value is -3.97. The summed E-state index contributed by atoms with van der Waals surface area (Å²) in [6.07, 6.45) is 0. The summed E-state index contributed by atoms with van der Waals surface area (Å²) in [6, 6.07) is 16.4. The molecule has 2 N–H and O–H groups in total. The monoisotopic (exact) mass is 465 g/mol. The van der Waals surface area contributed by atoms with Crippen LogP contribution in [-0.2, 0) is 9.59 Å². The summed E-state index contributed by atoms with van der Waals surface area (Å²) in [5.41, 5.74) is 0.961. The van der Waals surface area contributed by atoms with Crippen molar-refractivity contribution in [1.29, 1.82) is 0 Å². The van der Waals surface area contributed by atoms with Crippen molar-refractivity contribution < 1.29 is 29.3 Å². The van der Waals surface area contributed by atoms with Gasteiger partial charge in [-0.05, 0) is 48.0 Å². The number of phenols is 1. The molecule has 1 aliphatic rings. The Kier molecular flexibility index (Phi) is 5.98. The number of Topliss-reactive ketones (excluding diaryl/α,β-unsaturated/α-hetero) is 1. The maximum atomic E-state index is 13.2. The highest BCUT2D eigenvalue weighted by molar-refractivity contribution is 6.51. The van der Waals surface area contributed by atoms with Gasteiger partial charge in [0.2, 0.25) is 0 Å². The molecule has 1 saturated heterocycles. The molecule has 3 aromatic rings. The number of carbonyl (C=O) groups excluding carboxylic acids is 2. The maximum absolute atomic E-state index is 13.2. The Morgan fingerprint density at radius 2 is 1.73 bits per heavy atom. The zero-order valence-corrected chi connectivity index (χ0v) is 18.5. The number of amides is 1. The van der Waals surface area contributed by atoms with E-state index in [1.165, 1.54) is 37.3 Å². The summed E-state index contributed by atoms with van der Waals surface area (Å²) in [6.45, 7) is 0. The van der Waals surface area contributed by atoms with Gasteiger partial charge in [0.25, 0.3) is 11.7 Å². The number of hydrogen-bond donors (Lipinski definition) is 2. The minimum atomic E-state index is -1.01. The van der Waals surface area contributed by atoms with Crippen molar-refractivity contribution in [3.05, 3.63) is 88.5 Å². The number of ether oxygens (including phenoxy) is 2. The van der Waals surface area contributed by atoms with E-state index >= 15 is 0 Å². The van der Waals surface area contributed by atoms with Gasteiger partial charge >= 0.3 is 0 Å². The molecule has 0 aliphatic carbocycles. The Morgan fingerprint density at radius 3 is 2.39 bits per heavy atom. The lowest BCUT2D eigenvalue weighted by atomic mass is 9.95. The molecule has 1 aliphatic heterocycles. The third-order valence-electron chi connectivity index (χ3n) is 5.39. The second-order valence-electron chi connectivity index (χ2n) is 7.31. The number of methoxy groups -OCH3 is 2. The fourth-order valence-corrected chi connectivity index (χ4v) is 4.09. The van der Waals surface area contributed by atoms with Crippen LogP contribution in [0, 0.1) is 0 Å². The van der Waals surface area contributed by atoms with Gasteiger partial charge in [-0.1, -0.05) is 35.9 Å². The molecule has 168 valence electrons. The molecule has 1 amide bonds. The Balaban J connectivity index is 1.95. The number of carbonyl (C=O) groups is 2. The molecule has 0 aromatic heterocycles. The highest BCUT2D eigenvalue weighted by Gasteiger charge is 2.47. The van der Waals surface area contributed by atoms with Crippen molar-refractivity contribution in [1.82, 2.24) is 0 Å². The predicted octanol–water partition coefficient (Wildman–Crippen LogP) is 4.69. The minimum Gasteiger partial charge on any atom is -0.508 e. The first-order chi connectivity index (χ1) is 15.8. The van der Waals surface area contributed by atoms with E-state index in [9.17, 15) is 19.8 Å². The molecule has 1 unspecified atom stereocenters. The lowest BCUT2D eigenvalue weighted by molar-refractivity contribution is -0.132. The molecule has 0 bridgehead atoms. The standard InChI is InChI=1S/C25H20ClNO6/c1-32-18-8-4-6-15(12-18)23(29)21-22(14-5-3-7-17(28)11-14)27(25(31)24(21)30)16-9-10-20(33-2)19(26)13-16/h3-13,22,28-29H,1-2H3/b23-21+. The van der Waals surface area contributed by atoms with Crippen molar-refractivity contribution in [2.75, 3.05) is 19.1 Å². The summed E-state index contributed by atoms with van der Waals surface area (Å²) >= 11 is 6.28. The van der Waals surface area contributed by atoms with Crippen molar-refractivity contribution in [2.24, 2.45) is 0 Å². The maximum Gasteiger partial charge on any atom is 0.300 e.